The van der Waals surface area contributed by atoms with Crippen LogP contribution in [0, 0.1) is 11.3 Å². The van der Waals surface area contributed by atoms with Crippen molar-refractivity contribution in [3.63, 3.8) is 0 Å². The number of benzene rings is 2. The van der Waals surface area contributed by atoms with Crippen molar-refractivity contribution in [3.8, 4) is 22.9 Å². The Kier molecular flexibility index (Phi) is 7.65. The van der Waals surface area contributed by atoms with Gasteiger partial charge in [-0.2, -0.15) is 18.4 Å². The number of carbonyl (C=O) groups excluding carboxylic acids is 1. The van der Waals surface area contributed by atoms with Crippen LogP contribution in [0.2, 0.25) is 0 Å². The zero-order valence-corrected chi connectivity index (χ0v) is 18.6. The normalized spacial score (nSPS) is 16.6. The van der Waals surface area contributed by atoms with E-state index in [2.05, 4.69) is 15.4 Å². The zero-order chi connectivity index (χ0) is 25.9. The predicted molar refractivity (Wildman–Crippen MR) is 115 cm³/mol. The summed E-state index contributed by atoms with van der Waals surface area (Å²) in [4.78, 5) is 12.6. The van der Waals surface area contributed by atoms with Crippen molar-refractivity contribution in [3.05, 3.63) is 54.1 Å². The Morgan fingerprint density at radius 1 is 1.03 bits per heavy atom. The van der Waals surface area contributed by atoms with Crippen LogP contribution >= 0.6 is 0 Å². The molecular weight excluding hydrogens is 476 g/mol. The van der Waals surface area contributed by atoms with Crippen LogP contribution in [0.1, 0.15) is 44.2 Å². The SMILES string of the molecule is CCC[C@H](N[C@@H](c1ccc(-c2ccc(OC(F)(F)F)cc2)cc1)C(F)(F)F)C(=O)NC1(C#N)CC1. The standard InChI is InChI=1S/C24H23F6N3O2/c1-2-3-19(21(34)33-22(14-31)12-13-22)32-20(23(25,26)27)17-6-4-15(5-7-17)16-8-10-18(11-9-16)35-24(28,29)30/h4-11,19-20,32H,2-3,12-13H2,1H3,(H,33,34)/t19-,20-/m0/s1. The number of hydrogen-bond donors (Lipinski definition) is 2. The Morgan fingerprint density at radius 3 is 2.00 bits per heavy atom. The molecular formula is C24H23F6N3O2. The highest BCUT2D eigenvalue weighted by atomic mass is 19.4. The Morgan fingerprint density at radius 2 is 1.57 bits per heavy atom. The van der Waals surface area contributed by atoms with Gasteiger partial charge in [0.2, 0.25) is 5.91 Å². The van der Waals surface area contributed by atoms with Crippen LogP contribution in [0.4, 0.5) is 26.3 Å². The van der Waals surface area contributed by atoms with Gasteiger partial charge in [0.1, 0.15) is 17.3 Å². The van der Waals surface area contributed by atoms with Gasteiger partial charge >= 0.3 is 12.5 Å². The van der Waals surface area contributed by atoms with Crippen molar-refractivity contribution in [2.45, 2.75) is 62.8 Å². The summed E-state index contributed by atoms with van der Waals surface area (Å²) in [6.07, 6.45) is -8.03. The summed E-state index contributed by atoms with van der Waals surface area (Å²) in [5, 5.41) is 14.1. The molecule has 0 saturated heterocycles. The summed E-state index contributed by atoms with van der Waals surface area (Å²) in [6.45, 7) is 1.74. The van der Waals surface area contributed by atoms with Crippen LogP contribution in [-0.4, -0.2) is 30.0 Å². The number of nitriles is 1. The van der Waals surface area contributed by atoms with E-state index in [-0.39, 0.29) is 12.0 Å². The Balaban J connectivity index is 1.78. The molecule has 2 N–H and O–H groups in total. The van der Waals surface area contributed by atoms with Gasteiger partial charge in [0, 0.05) is 0 Å². The lowest BCUT2D eigenvalue weighted by molar-refractivity contribution is -0.274. The van der Waals surface area contributed by atoms with Crippen molar-refractivity contribution in [1.82, 2.24) is 10.6 Å². The first-order chi connectivity index (χ1) is 16.4. The number of amides is 1. The summed E-state index contributed by atoms with van der Waals surface area (Å²) in [5.74, 6) is -1.07. The van der Waals surface area contributed by atoms with Crippen LogP contribution < -0.4 is 15.4 Å². The molecule has 0 heterocycles. The maximum absolute atomic E-state index is 13.9. The second-order valence-electron chi connectivity index (χ2n) is 8.36. The summed E-state index contributed by atoms with van der Waals surface area (Å²) >= 11 is 0. The number of rotatable bonds is 9. The highest BCUT2D eigenvalue weighted by Crippen LogP contribution is 2.36. The number of alkyl halides is 6. The fraction of sp³-hybridized carbons (Fsp3) is 0.417. The van der Waals surface area contributed by atoms with Gasteiger partial charge in [-0.1, -0.05) is 49.7 Å². The van der Waals surface area contributed by atoms with E-state index in [1.807, 2.05) is 6.07 Å². The number of carbonyl (C=O) groups is 1. The number of hydrogen-bond acceptors (Lipinski definition) is 4. The minimum atomic E-state index is -4.83. The van der Waals surface area contributed by atoms with Gasteiger partial charge in [0.05, 0.1) is 12.1 Å². The second kappa shape index (κ2) is 10.2. The number of nitrogens with zero attached hydrogens (tertiary/aromatic N) is 1. The summed E-state index contributed by atoms with van der Waals surface area (Å²) in [7, 11) is 0. The molecule has 1 aliphatic rings. The lowest BCUT2D eigenvalue weighted by atomic mass is 9.99. The van der Waals surface area contributed by atoms with Crippen molar-refractivity contribution in [1.29, 1.82) is 5.26 Å². The fourth-order valence-corrected chi connectivity index (χ4v) is 3.59. The quantitative estimate of drug-likeness (QED) is 0.429. The molecule has 188 valence electrons. The molecule has 1 fully saturated rings. The monoisotopic (exact) mass is 499 g/mol. The molecule has 0 bridgehead atoms. The molecule has 3 rings (SSSR count). The molecule has 0 aromatic heterocycles. The van der Waals surface area contributed by atoms with Crippen molar-refractivity contribution in [2.75, 3.05) is 0 Å². The average Bonchev–Trinajstić information content (AvgIpc) is 3.55. The van der Waals surface area contributed by atoms with Crippen molar-refractivity contribution >= 4 is 5.91 Å². The van der Waals surface area contributed by atoms with E-state index in [9.17, 15) is 31.1 Å². The third kappa shape index (κ3) is 7.11. The highest BCUT2D eigenvalue weighted by molar-refractivity contribution is 5.83. The highest BCUT2D eigenvalue weighted by Gasteiger charge is 2.47. The third-order valence-corrected chi connectivity index (χ3v) is 5.58. The smallest absolute Gasteiger partial charge is 0.406 e. The van der Waals surface area contributed by atoms with E-state index >= 15 is 0 Å². The van der Waals surface area contributed by atoms with E-state index in [1.54, 1.807) is 6.92 Å². The van der Waals surface area contributed by atoms with Crippen molar-refractivity contribution < 1.29 is 35.9 Å². The van der Waals surface area contributed by atoms with Gasteiger partial charge in [-0.3, -0.25) is 10.1 Å². The molecule has 35 heavy (non-hydrogen) atoms. The van der Waals surface area contributed by atoms with E-state index in [1.165, 1.54) is 36.4 Å². The van der Waals surface area contributed by atoms with Gasteiger partial charge in [0.15, 0.2) is 0 Å². The first-order valence-corrected chi connectivity index (χ1v) is 10.9. The first-order valence-electron chi connectivity index (χ1n) is 10.9. The number of ether oxygens (including phenoxy) is 1. The van der Waals surface area contributed by atoms with Crippen LogP contribution in [-0.2, 0) is 4.79 Å². The largest absolute Gasteiger partial charge is 0.573 e. The lowest BCUT2D eigenvalue weighted by Gasteiger charge is -2.28. The molecule has 0 aliphatic heterocycles. The lowest BCUT2D eigenvalue weighted by Crippen LogP contribution is -2.51. The summed E-state index contributed by atoms with van der Waals surface area (Å²) in [6, 6.07) is 8.96. The van der Waals surface area contributed by atoms with Crippen LogP contribution in [0.5, 0.6) is 5.75 Å². The van der Waals surface area contributed by atoms with Gasteiger partial charge in [-0.05, 0) is 48.1 Å². The molecule has 2 aromatic carbocycles. The topological polar surface area (TPSA) is 74.2 Å². The molecule has 2 atom stereocenters. The van der Waals surface area contributed by atoms with Gasteiger partial charge in [-0.15, -0.1) is 13.2 Å². The molecule has 0 spiro atoms. The molecule has 0 unspecified atom stereocenters. The first kappa shape index (κ1) is 26.3. The Labute approximate surface area is 198 Å². The fourth-order valence-electron chi connectivity index (χ4n) is 3.59. The maximum Gasteiger partial charge on any atom is 0.573 e. The summed E-state index contributed by atoms with van der Waals surface area (Å²) < 4.78 is 82.6. The molecule has 0 radical (unpaired) electrons. The maximum atomic E-state index is 13.9. The number of halogens is 6. The minimum absolute atomic E-state index is 0.131. The average molecular weight is 499 g/mol. The van der Waals surface area contributed by atoms with Crippen molar-refractivity contribution in [2.24, 2.45) is 0 Å². The molecule has 2 aromatic rings. The van der Waals surface area contributed by atoms with Gasteiger partial charge in [0.25, 0.3) is 0 Å². The second-order valence-corrected chi connectivity index (χ2v) is 8.36. The molecule has 5 nitrogen and oxygen atoms in total. The molecule has 1 saturated carbocycles. The molecule has 1 aliphatic carbocycles. The van der Waals surface area contributed by atoms with Crippen LogP contribution in [0.15, 0.2) is 48.5 Å². The predicted octanol–water partition coefficient (Wildman–Crippen LogP) is 5.79. The summed E-state index contributed by atoms with van der Waals surface area (Å²) in [5.41, 5.74) is -0.160. The Hall–Kier alpha value is -3.26. The van der Waals surface area contributed by atoms with E-state index in [0.29, 0.717) is 30.4 Å². The van der Waals surface area contributed by atoms with E-state index in [4.69, 9.17) is 5.26 Å². The van der Waals surface area contributed by atoms with E-state index in [0.717, 1.165) is 12.1 Å². The Bertz CT molecular complexity index is 1060. The van der Waals surface area contributed by atoms with Crippen LogP contribution in [0.25, 0.3) is 11.1 Å². The molecule has 11 heteroatoms. The number of nitrogens with one attached hydrogen (secondary N) is 2. The molecule has 1 amide bonds. The third-order valence-electron chi connectivity index (χ3n) is 5.58. The van der Waals surface area contributed by atoms with Gasteiger partial charge < -0.3 is 10.1 Å². The van der Waals surface area contributed by atoms with Crippen LogP contribution in [0.3, 0.4) is 0 Å². The minimum Gasteiger partial charge on any atom is -0.406 e. The van der Waals surface area contributed by atoms with Gasteiger partial charge in [-0.25, -0.2) is 0 Å². The van der Waals surface area contributed by atoms with E-state index < -0.39 is 41.8 Å². The zero-order valence-electron chi connectivity index (χ0n) is 18.6.